The molecule has 0 N–H and O–H groups in total. The summed E-state index contributed by atoms with van der Waals surface area (Å²) in [6.45, 7) is 0. The number of halogens is 1. The van der Waals surface area contributed by atoms with E-state index in [0.29, 0.717) is 21.4 Å². The molecule has 7 heteroatoms. The zero-order valence-corrected chi connectivity index (χ0v) is 17.6. The van der Waals surface area contributed by atoms with Crippen LogP contribution in [0.15, 0.2) is 51.8 Å². The Labute approximate surface area is 175 Å². The molecule has 0 unspecified atom stereocenters. The largest absolute Gasteiger partial charge is 1.00 e. The van der Waals surface area contributed by atoms with Crippen LogP contribution in [0.2, 0.25) is 4.34 Å². The van der Waals surface area contributed by atoms with Gasteiger partial charge in [-0.1, -0.05) is 23.7 Å². The van der Waals surface area contributed by atoms with Gasteiger partial charge in [-0.05, 0) is 36.6 Å². The molecule has 2 aromatic heterocycles. The van der Waals surface area contributed by atoms with Gasteiger partial charge in [0.05, 0.1) is 9.21 Å². The molecule has 0 saturated carbocycles. The normalized spacial score (nSPS) is 10.4. The Kier molecular flexibility index (Phi) is 7.04. The van der Waals surface area contributed by atoms with Crippen LogP contribution < -0.4 is 34.7 Å². The van der Waals surface area contributed by atoms with Crippen LogP contribution in [0.3, 0.4) is 0 Å². The van der Waals surface area contributed by atoms with E-state index in [1.54, 1.807) is 23.9 Å². The standard InChI is InChI=1S/C17H13ClO3S2.Na/c1-22-12-4-2-10(3-5-12)13-8-11(9-16(19)20)17(21-13)14-6-7-15(18)23-14;/h2-8H,9H2,1H3,(H,19,20);/q;+1/p-1. The van der Waals surface area contributed by atoms with Gasteiger partial charge in [0.2, 0.25) is 0 Å². The van der Waals surface area contributed by atoms with Crippen molar-refractivity contribution >= 4 is 40.7 Å². The Morgan fingerprint density at radius 3 is 2.50 bits per heavy atom. The van der Waals surface area contributed by atoms with E-state index in [0.717, 1.165) is 15.3 Å². The molecular formula is C17H12ClNaO3S2. The van der Waals surface area contributed by atoms with Crippen molar-refractivity contribution in [2.45, 2.75) is 11.3 Å². The zero-order valence-electron chi connectivity index (χ0n) is 13.2. The molecule has 3 aromatic rings. The second-order valence-electron chi connectivity index (χ2n) is 4.85. The number of carbonyl (C=O) groups excluding carboxylic acids is 1. The number of thioether (sulfide) groups is 1. The van der Waals surface area contributed by atoms with Crippen molar-refractivity contribution in [2.75, 3.05) is 6.26 Å². The quantitative estimate of drug-likeness (QED) is 0.490. The van der Waals surface area contributed by atoms with Crippen molar-refractivity contribution in [2.24, 2.45) is 0 Å². The van der Waals surface area contributed by atoms with Gasteiger partial charge in [-0.3, -0.25) is 0 Å². The van der Waals surface area contributed by atoms with Crippen LogP contribution in [-0.2, 0) is 11.2 Å². The molecule has 0 saturated heterocycles. The molecule has 0 bridgehead atoms. The summed E-state index contributed by atoms with van der Waals surface area (Å²) >= 11 is 8.98. The van der Waals surface area contributed by atoms with Crippen molar-refractivity contribution < 1.29 is 43.9 Å². The first-order chi connectivity index (χ1) is 11.1. The van der Waals surface area contributed by atoms with Crippen LogP contribution in [0.5, 0.6) is 0 Å². The van der Waals surface area contributed by atoms with E-state index in [1.165, 1.54) is 11.3 Å². The molecule has 2 heterocycles. The van der Waals surface area contributed by atoms with Gasteiger partial charge in [0.25, 0.3) is 0 Å². The summed E-state index contributed by atoms with van der Waals surface area (Å²) in [5.74, 6) is 0.0300. The number of carboxylic acid groups (broad SMARTS) is 1. The van der Waals surface area contributed by atoms with Gasteiger partial charge >= 0.3 is 29.6 Å². The molecular weight excluding hydrogens is 375 g/mol. The molecule has 0 amide bonds. The number of benzene rings is 1. The van der Waals surface area contributed by atoms with Crippen LogP contribution in [0.4, 0.5) is 0 Å². The minimum Gasteiger partial charge on any atom is -0.550 e. The van der Waals surface area contributed by atoms with E-state index in [2.05, 4.69) is 0 Å². The average molecular weight is 387 g/mol. The van der Waals surface area contributed by atoms with E-state index in [-0.39, 0.29) is 36.0 Å². The first-order valence-electron chi connectivity index (χ1n) is 6.79. The Bertz CT molecular complexity index is 840. The third-order valence-electron chi connectivity index (χ3n) is 3.32. The molecule has 3 rings (SSSR count). The molecule has 0 fully saturated rings. The predicted octanol–water partition coefficient (Wildman–Crippen LogP) is 1.35. The number of carboxylic acids is 1. The summed E-state index contributed by atoms with van der Waals surface area (Å²) in [6, 6.07) is 13.3. The average Bonchev–Trinajstić information content (AvgIpc) is 3.13. The van der Waals surface area contributed by atoms with E-state index in [1.807, 2.05) is 36.6 Å². The first kappa shape index (κ1) is 19.6. The smallest absolute Gasteiger partial charge is 0.550 e. The molecule has 0 aliphatic carbocycles. The second kappa shape index (κ2) is 8.61. The number of aliphatic carboxylic acids is 1. The summed E-state index contributed by atoms with van der Waals surface area (Å²) in [6.07, 6.45) is 1.82. The van der Waals surface area contributed by atoms with Gasteiger partial charge in [0.15, 0.2) is 0 Å². The fraction of sp³-hybridized carbons (Fsp3) is 0.118. The number of thiophene rings is 1. The third kappa shape index (κ3) is 4.48. The number of hydrogen-bond acceptors (Lipinski definition) is 5. The molecule has 1 aromatic carbocycles. The van der Waals surface area contributed by atoms with Crippen LogP contribution in [0.25, 0.3) is 22.0 Å². The topological polar surface area (TPSA) is 53.3 Å². The second-order valence-corrected chi connectivity index (χ2v) is 7.44. The molecule has 0 aliphatic heterocycles. The van der Waals surface area contributed by atoms with E-state index in [9.17, 15) is 9.90 Å². The molecule has 0 atom stereocenters. The van der Waals surface area contributed by atoms with Gasteiger partial charge in [-0.25, -0.2) is 0 Å². The van der Waals surface area contributed by atoms with Crippen LogP contribution in [0, 0.1) is 0 Å². The fourth-order valence-corrected chi connectivity index (χ4v) is 3.73. The number of hydrogen-bond donors (Lipinski definition) is 0. The van der Waals surface area contributed by atoms with E-state index >= 15 is 0 Å². The van der Waals surface area contributed by atoms with Gasteiger partial charge in [0.1, 0.15) is 11.5 Å². The Morgan fingerprint density at radius 1 is 1.25 bits per heavy atom. The minimum absolute atomic E-state index is 0. The summed E-state index contributed by atoms with van der Waals surface area (Å²) < 4.78 is 6.56. The molecule has 0 radical (unpaired) electrons. The minimum atomic E-state index is -1.14. The maximum atomic E-state index is 11.0. The van der Waals surface area contributed by atoms with Gasteiger partial charge in [-0.15, -0.1) is 23.1 Å². The molecule has 0 aliphatic rings. The maximum Gasteiger partial charge on any atom is 1.00 e. The Balaban J connectivity index is 0.00000208. The zero-order chi connectivity index (χ0) is 16.4. The SMILES string of the molecule is CSc1ccc(-c2cc(CC(=O)[O-])c(-c3ccc(Cl)s3)o2)cc1.[Na+]. The summed E-state index contributed by atoms with van der Waals surface area (Å²) in [4.78, 5) is 13.0. The van der Waals surface area contributed by atoms with E-state index in [4.69, 9.17) is 16.0 Å². The Morgan fingerprint density at radius 2 is 1.96 bits per heavy atom. The first-order valence-corrected chi connectivity index (χ1v) is 9.21. The van der Waals surface area contributed by atoms with Crippen LogP contribution in [0.1, 0.15) is 5.56 Å². The van der Waals surface area contributed by atoms with Gasteiger partial charge in [0, 0.05) is 28.4 Å². The maximum absolute atomic E-state index is 11.0. The number of rotatable bonds is 5. The van der Waals surface area contributed by atoms with Crippen molar-refractivity contribution in [1.29, 1.82) is 0 Å². The van der Waals surface area contributed by atoms with Gasteiger partial charge < -0.3 is 14.3 Å². The van der Waals surface area contributed by atoms with Crippen molar-refractivity contribution in [3.05, 3.63) is 52.4 Å². The third-order valence-corrected chi connectivity index (χ3v) is 5.29. The number of furan rings is 1. The summed E-state index contributed by atoms with van der Waals surface area (Å²) in [7, 11) is 0. The summed E-state index contributed by atoms with van der Waals surface area (Å²) in [5.41, 5.74) is 1.49. The molecule has 118 valence electrons. The molecule has 24 heavy (non-hydrogen) atoms. The molecule has 3 nitrogen and oxygen atoms in total. The van der Waals surface area contributed by atoms with Crippen molar-refractivity contribution in [3.63, 3.8) is 0 Å². The number of carbonyl (C=O) groups is 1. The van der Waals surface area contributed by atoms with Crippen molar-refractivity contribution in [3.8, 4) is 22.0 Å². The van der Waals surface area contributed by atoms with Crippen molar-refractivity contribution in [1.82, 2.24) is 0 Å². The molecule has 0 spiro atoms. The Hall–Kier alpha value is -0.690. The van der Waals surface area contributed by atoms with Gasteiger partial charge in [-0.2, -0.15) is 0 Å². The monoisotopic (exact) mass is 386 g/mol. The van der Waals surface area contributed by atoms with Crippen LogP contribution >= 0.6 is 34.7 Å². The predicted molar refractivity (Wildman–Crippen MR) is 93.0 cm³/mol. The van der Waals surface area contributed by atoms with Crippen LogP contribution in [-0.4, -0.2) is 12.2 Å². The summed E-state index contributed by atoms with van der Waals surface area (Å²) in [5, 5.41) is 11.0. The fourth-order valence-electron chi connectivity index (χ4n) is 2.26. The van der Waals surface area contributed by atoms with E-state index < -0.39 is 5.97 Å².